The van der Waals surface area contributed by atoms with Crippen LogP contribution in [0, 0.1) is 5.95 Å². The van der Waals surface area contributed by atoms with Gasteiger partial charge in [0, 0.05) is 11.8 Å². The molecule has 0 bridgehead atoms. The molecule has 0 aliphatic heterocycles. The number of halogens is 1. The first-order chi connectivity index (χ1) is 5.58. The number of aliphatic hydroxyl groups is 1. The molecule has 0 spiro atoms. The van der Waals surface area contributed by atoms with Crippen molar-refractivity contribution in [2.24, 2.45) is 5.73 Å². The predicted molar refractivity (Wildman–Crippen MR) is 42.8 cm³/mol. The van der Waals surface area contributed by atoms with E-state index in [1.807, 2.05) is 0 Å². The zero-order chi connectivity index (χ0) is 9.19. The lowest BCUT2D eigenvalue weighted by Crippen LogP contribution is -2.38. The minimum atomic E-state index is -1.06. The fourth-order valence-electron chi connectivity index (χ4n) is 0.897. The van der Waals surface area contributed by atoms with Crippen molar-refractivity contribution in [3.8, 4) is 0 Å². The molecule has 1 aromatic rings. The lowest BCUT2D eigenvalue weighted by molar-refractivity contribution is 0.205. The molecule has 1 heterocycles. The largest absolute Gasteiger partial charge is 0.394 e. The summed E-state index contributed by atoms with van der Waals surface area (Å²) in [5, 5.41) is 8.85. The van der Waals surface area contributed by atoms with E-state index in [0.29, 0.717) is 0 Å². The molecule has 0 saturated carbocycles. The zero-order valence-corrected chi connectivity index (χ0v) is 6.79. The molecule has 1 rings (SSSR count). The van der Waals surface area contributed by atoms with Gasteiger partial charge in [-0.15, -0.1) is 0 Å². The first-order valence-electron chi connectivity index (χ1n) is 3.58. The maximum absolute atomic E-state index is 13.0. The third-order valence-corrected chi connectivity index (χ3v) is 1.70. The van der Waals surface area contributed by atoms with E-state index in [4.69, 9.17) is 10.8 Å². The van der Waals surface area contributed by atoms with Crippen molar-refractivity contribution in [3.63, 3.8) is 0 Å². The van der Waals surface area contributed by atoms with Gasteiger partial charge in [-0.1, -0.05) is 6.07 Å². The minimum absolute atomic E-state index is 0.229. The lowest BCUT2D eigenvalue weighted by Gasteiger charge is -2.21. The molecule has 0 saturated heterocycles. The average molecular weight is 170 g/mol. The van der Waals surface area contributed by atoms with E-state index >= 15 is 0 Å². The molecule has 3 N–H and O–H groups in total. The summed E-state index contributed by atoms with van der Waals surface area (Å²) in [6, 6.07) is 3.09. The Labute approximate surface area is 70.0 Å². The van der Waals surface area contributed by atoms with Crippen LogP contribution in [0.3, 0.4) is 0 Å². The summed E-state index contributed by atoms with van der Waals surface area (Å²) in [6.07, 6.45) is 1.34. The fraction of sp³-hybridized carbons (Fsp3) is 0.375. The van der Waals surface area contributed by atoms with E-state index in [-0.39, 0.29) is 12.2 Å². The molecule has 0 aliphatic carbocycles. The molecule has 4 heteroatoms. The second-order valence-corrected chi connectivity index (χ2v) is 2.92. The van der Waals surface area contributed by atoms with Crippen LogP contribution in [-0.4, -0.2) is 16.7 Å². The summed E-state index contributed by atoms with van der Waals surface area (Å²) in [4.78, 5) is 3.44. The average Bonchev–Trinajstić information content (AvgIpc) is 2.05. The Bertz CT molecular complexity index is 276. The van der Waals surface area contributed by atoms with Gasteiger partial charge in [0.2, 0.25) is 5.95 Å². The highest BCUT2D eigenvalue weighted by Gasteiger charge is 2.23. The van der Waals surface area contributed by atoms with Crippen LogP contribution in [0.4, 0.5) is 4.39 Å². The number of nitrogens with zero attached hydrogens (tertiary/aromatic N) is 1. The Morgan fingerprint density at radius 1 is 1.75 bits per heavy atom. The van der Waals surface area contributed by atoms with Crippen molar-refractivity contribution < 1.29 is 9.50 Å². The highest BCUT2D eigenvalue weighted by Crippen LogP contribution is 2.18. The van der Waals surface area contributed by atoms with E-state index in [9.17, 15) is 4.39 Å². The Balaban J connectivity index is 3.10. The molecule has 1 aromatic heterocycles. The molecule has 0 unspecified atom stereocenters. The topological polar surface area (TPSA) is 59.1 Å². The minimum Gasteiger partial charge on any atom is -0.394 e. The van der Waals surface area contributed by atoms with Gasteiger partial charge in [-0.05, 0) is 13.0 Å². The van der Waals surface area contributed by atoms with Crippen LogP contribution >= 0.6 is 0 Å². The highest BCUT2D eigenvalue weighted by molar-refractivity contribution is 5.20. The van der Waals surface area contributed by atoms with Crippen LogP contribution in [0.15, 0.2) is 18.3 Å². The SMILES string of the molecule is C[C@](N)(CO)c1cccnc1F. The van der Waals surface area contributed by atoms with E-state index in [1.54, 1.807) is 13.0 Å². The second-order valence-electron chi connectivity index (χ2n) is 2.92. The van der Waals surface area contributed by atoms with Crippen molar-refractivity contribution in [3.05, 3.63) is 29.8 Å². The third-order valence-electron chi connectivity index (χ3n) is 1.70. The van der Waals surface area contributed by atoms with Crippen LogP contribution < -0.4 is 5.73 Å². The lowest BCUT2D eigenvalue weighted by atomic mass is 9.96. The normalized spacial score (nSPS) is 15.7. The van der Waals surface area contributed by atoms with Crippen molar-refractivity contribution in [1.29, 1.82) is 0 Å². The Kier molecular flexibility index (Phi) is 2.40. The number of rotatable bonds is 2. The molecule has 0 radical (unpaired) electrons. The first kappa shape index (κ1) is 9.09. The maximum Gasteiger partial charge on any atom is 0.217 e. The molecule has 0 fully saturated rings. The summed E-state index contributed by atoms with van der Waals surface area (Å²) in [7, 11) is 0. The summed E-state index contributed by atoms with van der Waals surface area (Å²) < 4.78 is 13.0. The molecule has 3 nitrogen and oxygen atoms in total. The molecule has 66 valence electrons. The van der Waals surface area contributed by atoms with E-state index in [1.165, 1.54) is 12.3 Å². The van der Waals surface area contributed by atoms with Crippen LogP contribution in [0.2, 0.25) is 0 Å². The van der Waals surface area contributed by atoms with Crippen molar-refractivity contribution in [1.82, 2.24) is 4.98 Å². The van der Waals surface area contributed by atoms with E-state index in [0.717, 1.165) is 0 Å². The summed E-state index contributed by atoms with van der Waals surface area (Å²) in [5.41, 5.74) is 4.78. The quantitative estimate of drug-likeness (QED) is 0.631. The van der Waals surface area contributed by atoms with Crippen molar-refractivity contribution in [2.45, 2.75) is 12.5 Å². The molecule has 1 atom stereocenters. The first-order valence-corrected chi connectivity index (χ1v) is 3.58. The molecular formula is C8H11FN2O. The Morgan fingerprint density at radius 3 is 2.92 bits per heavy atom. The van der Waals surface area contributed by atoms with E-state index < -0.39 is 11.5 Å². The highest BCUT2D eigenvalue weighted by atomic mass is 19.1. The molecule has 0 aliphatic rings. The smallest absolute Gasteiger partial charge is 0.217 e. The van der Waals surface area contributed by atoms with Crippen molar-refractivity contribution in [2.75, 3.05) is 6.61 Å². The molecular weight excluding hydrogens is 159 g/mol. The van der Waals surface area contributed by atoms with Crippen LogP contribution in [0.1, 0.15) is 12.5 Å². The van der Waals surface area contributed by atoms with Gasteiger partial charge in [0.25, 0.3) is 0 Å². The summed E-state index contributed by atoms with van der Waals surface area (Å²) in [6.45, 7) is 1.24. The molecule has 0 amide bonds. The molecule has 0 aromatic carbocycles. The van der Waals surface area contributed by atoms with Crippen molar-refractivity contribution >= 4 is 0 Å². The summed E-state index contributed by atoms with van der Waals surface area (Å²) >= 11 is 0. The Hall–Kier alpha value is -1.00. The monoisotopic (exact) mass is 170 g/mol. The van der Waals surface area contributed by atoms with Gasteiger partial charge in [0.1, 0.15) is 0 Å². The van der Waals surface area contributed by atoms with Gasteiger partial charge >= 0.3 is 0 Å². The zero-order valence-electron chi connectivity index (χ0n) is 6.79. The number of hydrogen-bond acceptors (Lipinski definition) is 3. The standard InChI is InChI=1S/C8H11FN2O/c1-8(10,5-12)6-3-2-4-11-7(6)9/h2-4,12H,5,10H2,1H3/t8-/m0/s1. The Morgan fingerprint density at radius 2 is 2.42 bits per heavy atom. The number of aromatic nitrogens is 1. The van der Waals surface area contributed by atoms with Gasteiger partial charge < -0.3 is 10.8 Å². The summed E-state index contributed by atoms with van der Waals surface area (Å²) in [5.74, 6) is -0.628. The third kappa shape index (κ3) is 1.60. The van der Waals surface area contributed by atoms with Crippen LogP contribution in [-0.2, 0) is 5.54 Å². The van der Waals surface area contributed by atoms with Crippen LogP contribution in [0.5, 0.6) is 0 Å². The maximum atomic E-state index is 13.0. The van der Waals surface area contributed by atoms with Gasteiger partial charge in [-0.25, -0.2) is 4.98 Å². The second kappa shape index (κ2) is 3.16. The number of aliphatic hydroxyl groups excluding tert-OH is 1. The molecule has 12 heavy (non-hydrogen) atoms. The number of nitrogens with two attached hydrogens (primary N) is 1. The number of hydrogen-bond donors (Lipinski definition) is 2. The van der Waals surface area contributed by atoms with E-state index in [2.05, 4.69) is 4.98 Å². The van der Waals surface area contributed by atoms with Gasteiger partial charge in [0.15, 0.2) is 0 Å². The predicted octanol–water partition coefficient (Wildman–Crippen LogP) is 0.387. The van der Waals surface area contributed by atoms with Gasteiger partial charge in [0.05, 0.1) is 12.1 Å². The van der Waals surface area contributed by atoms with Crippen LogP contribution in [0.25, 0.3) is 0 Å². The van der Waals surface area contributed by atoms with Gasteiger partial charge in [-0.3, -0.25) is 0 Å². The fourth-order valence-corrected chi connectivity index (χ4v) is 0.897. The van der Waals surface area contributed by atoms with Gasteiger partial charge in [-0.2, -0.15) is 4.39 Å². The number of pyridine rings is 1.